The van der Waals surface area contributed by atoms with Gasteiger partial charge in [-0.15, -0.1) is 10.2 Å². The maximum Gasteiger partial charge on any atom is 0.191 e. The molecule has 0 aliphatic heterocycles. The molecule has 0 fully saturated rings. The summed E-state index contributed by atoms with van der Waals surface area (Å²) in [6.07, 6.45) is 0. The molecule has 0 unspecified atom stereocenters. The van der Waals surface area contributed by atoms with Crippen LogP contribution in [0.5, 0.6) is 0 Å². The van der Waals surface area contributed by atoms with Gasteiger partial charge < -0.3 is 4.57 Å². The molecule has 0 spiro atoms. The number of rotatable bonds is 5. The van der Waals surface area contributed by atoms with E-state index in [-0.39, 0.29) is 0 Å². The van der Waals surface area contributed by atoms with Gasteiger partial charge in [-0.05, 0) is 25.5 Å². The van der Waals surface area contributed by atoms with Crippen molar-refractivity contribution in [2.75, 3.05) is 0 Å². The van der Waals surface area contributed by atoms with Crippen LogP contribution in [0.15, 0.2) is 41.6 Å². The van der Waals surface area contributed by atoms with Crippen molar-refractivity contribution in [3.05, 3.63) is 47.7 Å². The molecule has 3 rings (SSSR count). The van der Waals surface area contributed by atoms with Crippen molar-refractivity contribution in [1.29, 1.82) is 0 Å². The van der Waals surface area contributed by atoms with E-state index in [1.165, 1.54) is 5.56 Å². The molecule has 0 amide bonds. The first kappa shape index (κ1) is 14.8. The molecule has 2 aromatic heterocycles. The number of aryl methyl sites for hydroxylation is 2. The van der Waals surface area contributed by atoms with Gasteiger partial charge in [0.15, 0.2) is 11.0 Å². The average Bonchev–Trinajstić information content (AvgIpc) is 3.08. The van der Waals surface area contributed by atoms with Crippen LogP contribution in [0.25, 0.3) is 11.5 Å². The first-order valence-corrected chi connectivity index (χ1v) is 8.28. The molecule has 0 N–H and O–H groups in total. The van der Waals surface area contributed by atoms with E-state index in [0.717, 1.165) is 34.7 Å². The van der Waals surface area contributed by atoms with Gasteiger partial charge in [-0.1, -0.05) is 42.1 Å². The highest BCUT2D eigenvalue weighted by Gasteiger charge is 2.15. The number of nitrogens with zero attached hydrogens (tertiary/aromatic N) is 5. The Morgan fingerprint density at radius 2 is 1.91 bits per heavy atom. The van der Waals surface area contributed by atoms with Crippen molar-refractivity contribution in [3.8, 4) is 11.5 Å². The second-order valence-corrected chi connectivity index (χ2v) is 6.07. The van der Waals surface area contributed by atoms with E-state index in [4.69, 9.17) is 0 Å². The van der Waals surface area contributed by atoms with Gasteiger partial charge in [0.2, 0.25) is 0 Å². The summed E-state index contributed by atoms with van der Waals surface area (Å²) in [4.78, 5) is 0. The van der Waals surface area contributed by atoms with Crippen LogP contribution in [0, 0.1) is 6.92 Å². The molecule has 0 saturated carbocycles. The second kappa shape index (κ2) is 6.36. The lowest BCUT2D eigenvalue weighted by Crippen LogP contribution is -2.03. The van der Waals surface area contributed by atoms with Crippen LogP contribution < -0.4 is 0 Å². The quantitative estimate of drug-likeness (QED) is 0.678. The molecule has 0 saturated heterocycles. The fourth-order valence-electron chi connectivity index (χ4n) is 2.35. The van der Waals surface area contributed by atoms with Crippen LogP contribution in [-0.4, -0.2) is 24.5 Å². The Morgan fingerprint density at radius 1 is 1.14 bits per heavy atom. The molecule has 0 atom stereocenters. The molecule has 1 aromatic carbocycles. The first-order chi connectivity index (χ1) is 10.7. The Hall–Kier alpha value is -2.08. The summed E-state index contributed by atoms with van der Waals surface area (Å²) in [6.45, 7) is 4.90. The number of thioether (sulfide) groups is 1. The van der Waals surface area contributed by atoms with Crippen LogP contribution >= 0.6 is 11.8 Å². The highest BCUT2D eigenvalue weighted by atomic mass is 32.2. The van der Waals surface area contributed by atoms with Crippen LogP contribution in [0.1, 0.15) is 18.2 Å². The van der Waals surface area contributed by atoms with Crippen molar-refractivity contribution >= 4 is 11.8 Å². The summed E-state index contributed by atoms with van der Waals surface area (Å²) in [7, 11) is 2.00. The Morgan fingerprint density at radius 3 is 2.64 bits per heavy atom. The van der Waals surface area contributed by atoms with Crippen molar-refractivity contribution in [2.24, 2.45) is 7.05 Å². The van der Waals surface area contributed by atoms with Gasteiger partial charge in [-0.25, -0.2) is 0 Å². The van der Waals surface area contributed by atoms with Crippen molar-refractivity contribution in [1.82, 2.24) is 24.5 Å². The van der Waals surface area contributed by atoms with Gasteiger partial charge in [-0.2, -0.15) is 5.10 Å². The Bertz CT molecular complexity index is 760. The van der Waals surface area contributed by atoms with Crippen LogP contribution in [-0.2, 0) is 19.3 Å². The summed E-state index contributed by atoms with van der Waals surface area (Å²) >= 11 is 1.70. The third-order valence-electron chi connectivity index (χ3n) is 3.48. The zero-order valence-corrected chi connectivity index (χ0v) is 13.8. The van der Waals surface area contributed by atoms with E-state index in [1.54, 1.807) is 11.8 Å². The molecule has 0 aliphatic carbocycles. The van der Waals surface area contributed by atoms with E-state index in [9.17, 15) is 0 Å². The summed E-state index contributed by atoms with van der Waals surface area (Å²) in [5, 5.41) is 14.1. The number of hydrogen-bond donors (Lipinski definition) is 0. The molecule has 0 aliphatic rings. The largest absolute Gasteiger partial charge is 0.304 e. The normalized spacial score (nSPS) is 11.0. The molecule has 22 heavy (non-hydrogen) atoms. The van der Waals surface area contributed by atoms with Gasteiger partial charge in [0, 0.05) is 19.3 Å². The zero-order valence-electron chi connectivity index (χ0n) is 13.0. The van der Waals surface area contributed by atoms with Gasteiger partial charge in [-0.3, -0.25) is 4.68 Å². The zero-order chi connectivity index (χ0) is 15.5. The second-order valence-electron chi connectivity index (χ2n) is 5.13. The monoisotopic (exact) mass is 313 g/mol. The Labute approximate surface area is 134 Å². The lowest BCUT2D eigenvalue weighted by Gasteiger charge is -2.05. The Balaban J connectivity index is 1.83. The smallest absolute Gasteiger partial charge is 0.191 e. The van der Waals surface area contributed by atoms with Crippen LogP contribution in [0.4, 0.5) is 0 Å². The van der Waals surface area contributed by atoms with Crippen molar-refractivity contribution in [3.63, 3.8) is 0 Å². The summed E-state index contributed by atoms with van der Waals surface area (Å²) in [6, 6.07) is 12.4. The maximum absolute atomic E-state index is 4.48. The van der Waals surface area contributed by atoms with Gasteiger partial charge in [0.25, 0.3) is 0 Å². The fraction of sp³-hybridized carbons (Fsp3) is 0.312. The molecule has 6 heteroatoms. The molecular weight excluding hydrogens is 294 g/mol. The van der Waals surface area contributed by atoms with Crippen molar-refractivity contribution in [2.45, 2.75) is 31.3 Å². The fourth-order valence-corrected chi connectivity index (χ4v) is 3.22. The van der Waals surface area contributed by atoms with Crippen LogP contribution in [0.2, 0.25) is 0 Å². The SMILES string of the molecule is CCn1nc(C)cc1-c1nnc(SCc2ccccc2)n1C. The summed E-state index contributed by atoms with van der Waals surface area (Å²) in [5.74, 6) is 1.75. The third kappa shape index (κ3) is 2.92. The molecule has 114 valence electrons. The molecule has 0 bridgehead atoms. The number of hydrogen-bond acceptors (Lipinski definition) is 4. The van der Waals surface area contributed by atoms with E-state index in [2.05, 4.69) is 52.6 Å². The predicted molar refractivity (Wildman–Crippen MR) is 88.6 cm³/mol. The Kier molecular flexibility index (Phi) is 4.29. The number of benzene rings is 1. The van der Waals surface area contributed by atoms with Gasteiger partial charge >= 0.3 is 0 Å². The molecule has 2 heterocycles. The molecular formula is C16H19N5S. The molecule has 0 radical (unpaired) electrons. The van der Waals surface area contributed by atoms with E-state index < -0.39 is 0 Å². The van der Waals surface area contributed by atoms with E-state index in [1.807, 2.05) is 29.3 Å². The highest BCUT2D eigenvalue weighted by Crippen LogP contribution is 2.25. The minimum absolute atomic E-state index is 0.822. The molecule has 3 aromatic rings. The summed E-state index contributed by atoms with van der Waals surface area (Å²) in [5.41, 5.74) is 3.30. The minimum atomic E-state index is 0.822. The van der Waals surface area contributed by atoms with E-state index in [0.29, 0.717) is 0 Å². The minimum Gasteiger partial charge on any atom is -0.304 e. The lowest BCUT2D eigenvalue weighted by atomic mass is 10.2. The topological polar surface area (TPSA) is 48.5 Å². The maximum atomic E-state index is 4.48. The third-order valence-corrected chi connectivity index (χ3v) is 4.57. The summed E-state index contributed by atoms with van der Waals surface area (Å²) < 4.78 is 4.00. The lowest BCUT2D eigenvalue weighted by molar-refractivity contribution is 0.653. The first-order valence-electron chi connectivity index (χ1n) is 7.30. The average molecular weight is 313 g/mol. The highest BCUT2D eigenvalue weighted by molar-refractivity contribution is 7.98. The standard InChI is InChI=1S/C16H19N5S/c1-4-21-14(10-12(2)19-21)15-17-18-16(20(15)3)22-11-13-8-6-5-7-9-13/h5-10H,4,11H2,1-3H3. The van der Waals surface area contributed by atoms with Crippen molar-refractivity contribution < 1.29 is 0 Å². The molecule has 5 nitrogen and oxygen atoms in total. The van der Waals surface area contributed by atoms with Gasteiger partial charge in [0.05, 0.1) is 5.69 Å². The van der Waals surface area contributed by atoms with Crippen LogP contribution in [0.3, 0.4) is 0 Å². The van der Waals surface area contributed by atoms with Gasteiger partial charge in [0.1, 0.15) is 5.69 Å². The number of aromatic nitrogens is 5. The predicted octanol–water partition coefficient (Wildman–Crippen LogP) is 3.30. The van der Waals surface area contributed by atoms with E-state index >= 15 is 0 Å².